The molecule has 0 aliphatic rings. The first-order chi connectivity index (χ1) is 15.3. The largest absolute Gasteiger partial charge is 0.416 e. The molecule has 33 heavy (non-hydrogen) atoms. The second kappa shape index (κ2) is 10.6. The van der Waals surface area contributed by atoms with Crippen LogP contribution in [-0.4, -0.2) is 27.1 Å². The van der Waals surface area contributed by atoms with Gasteiger partial charge in [0.05, 0.1) is 11.8 Å². The summed E-state index contributed by atoms with van der Waals surface area (Å²) in [6.07, 6.45) is -0.712. The summed E-state index contributed by atoms with van der Waals surface area (Å²) in [4.78, 5) is 12.1. The van der Waals surface area contributed by atoms with E-state index in [9.17, 15) is 35.2 Å². The van der Waals surface area contributed by atoms with Gasteiger partial charge < -0.3 is 10.6 Å². The van der Waals surface area contributed by atoms with E-state index in [1.165, 1.54) is 12.1 Å². The van der Waals surface area contributed by atoms with Crippen LogP contribution in [0.2, 0.25) is 0 Å². The number of hydrogen-bond donors (Lipinski definition) is 3. The summed E-state index contributed by atoms with van der Waals surface area (Å²) in [6, 6.07) is 4.80. The topological polar surface area (TPSA) is 87.3 Å². The van der Waals surface area contributed by atoms with Crippen molar-refractivity contribution in [2.75, 3.05) is 22.8 Å². The van der Waals surface area contributed by atoms with Gasteiger partial charge in [0.15, 0.2) is 11.6 Å². The Balaban J connectivity index is 2.11. The van der Waals surface area contributed by atoms with E-state index in [1.54, 1.807) is 4.72 Å². The average Bonchev–Trinajstić information content (AvgIpc) is 2.70. The lowest BCUT2D eigenvalue weighted by molar-refractivity contribution is -0.137. The quantitative estimate of drug-likeness (QED) is 0.356. The molecule has 2 rings (SSSR count). The van der Waals surface area contributed by atoms with Crippen LogP contribution in [0.1, 0.15) is 30.0 Å². The summed E-state index contributed by atoms with van der Waals surface area (Å²) in [6.45, 7) is 2.00. The maximum Gasteiger partial charge on any atom is 0.416 e. The lowest BCUT2D eigenvalue weighted by atomic mass is 10.1. The molecule has 180 valence electrons. The molecular formula is C21H22F5N3O3S. The van der Waals surface area contributed by atoms with Crippen molar-refractivity contribution in [2.45, 2.75) is 26.1 Å². The summed E-state index contributed by atoms with van der Waals surface area (Å²) in [7, 11) is -3.89. The molecule has 0 unspecified atom stereocenters. The van der Waals surface area contributed by atoms with Crippen molar-refractivity contribution in [3.8, 4) is 0 Å². The minimum absolute atomic E-state index is 0.0330. The van der Waals surface area contributed by atoms with E-state index in [2.05, 4.69) is 10.6 Å². The lowest BCUT2D eigenvalue weighted by Crippen LogP contribution is -2.21. The van der Waals surface area contributed by atoms with E-state index >= 15 is 0 Å². The molecule has 0 atom stereocenters. The number of rotatable bonds is 9. The summed E-state index contributed by atoms with van der Waals surface area (Å²) >= 11 is 0. The van der Waals surface area contributed by atoms with Gasteiger partial charge in [0.25, 0.3) is 0 Å². The zero-order valence-electron chi connectivity index (χ0n) is 17.7. The molecule has 0 aliphatic heterocycles. The third kappa shape index (κ3) is 8.04. The Hall–Kier alpha value is -3.15. The number of carbonyl (C=O) groups is 1. The van der Waals surface area contributed by atoms with Gasteiger partial charge in [0, 0.05) is 24.9 Å². The second-order valence-corrected chi connectivity index (χ2v) is 8.83. The highest BCUT2D eigenvalue weighted by Crippen LogP contribution is 2.32. The van der Waals surface area contributed by atoms with Crippen molar-refractivity contribution < 1.29 is 35.2 Å². The van der Waals surface area contributed by atoms with Crippen LogP contribution < -0.4 is 15.4 Å². The van der Waals surface area contributed by atoms with E-state index in [1.807, 2.05) is 6.92 Å². The van der Waals surface area contributed by atoms with Gasteiger partial charge in [-0.25, -0.2) is 17.2 Å². The number of hydrogen-bond acceptors (Lipinski definition) is 4. The zero-order valence-corrected chi connectivity index (χ0v) is 18.5. The smallest absolute Gasteiger partial charge is 0.385 e. The second-order valence-electron chi connectivity index (χ2n) is 7.09. The molecule has 0 spiro atoms. The zero-order chi connectivity index (χ0) is 24.8. The van der Waals surface area contributed by atoms with Gasteiger partial charge >= 0.3 is 6.18 Å². The molecule has 0 fully saturated rings. The Bertz CT molecular complexity index is 1130. The Morgan fingerprint density at radius 1 is 1.09 bits per heavy atom. The van der Waals surface area contributed by atoms with Crippen LogP contribution in [0.5, 0.6) is 0 Å². The molecule has 12 heteroatoms. The maximum atomic E-state index is 14.0. The normalized spacial score (nSPS) is 12.1. The standard InChI is InChI=1S/C21H22F5N3O3S/c1-3-8-27-18-11-15(21(24,25)26)6-4-14(18)5-7-19(30)28-12-13-9-16(22)20(17(23)10-13)29-33(2,31)32/h4-7,9-11,27,29H,3,8,12H2,1-2H3,(H,28,30)/b7-5-. The van der Waals surface area contributed by atoms with Crippen LogP contribution in [-0.2, 0) is 27.5 Å². The fourth-order valence-corrected chi connectivity index (χ4v) is 3.28. The van der Waals surface area contributed by atoms with Crippen LogP contribution in [0.4, 0.5) is 33.3 Å². The Labute approximate surface area is 187 Å². The first-order valence-electron chi connectivity index (χ1n) is 9.67. The molecule has 0 aromatic heterocycles. The number of alkyl halides is 3. The van der Waals surface area contributed by atoms with Gasteiger partial charge in [-0.15, -0.1) is 0 Å². The van der Waals surface area contributed by atoms with E-state index < -0.39 is 45.0 Å². The monoisotopic (exact) mass is 491 g/mol. The van der Waals surface area contributed by atoms with Gasteiger partial charge in [-0.2, -0.15) is 13.2 Å². The van der Waals surface area contributed by atoms with Gasteiger partial charge in [0.2, 0.25) is 15.9 Å². The number of benzene rings is 2. The third-order valence-corrected chi connectivity index (χ3v) is 4.79. The molecule has 6 nitrogen and oxygen atoms in total. The van der Waals surface area contributed by atoms with E-state index in [0.29, 0.717) is 18.5 Å². The van der Waals surface area contributed by atoms with E-state index in [-0.39, 0.29) is 17.8 Å². The molecule has 1 amide bonds. The van der Waals surface area contributed by atoms with Crippen molar-refractivity contribution in [3.05, 3.63) is 64.7 Å². The van der Waals surface area contributed by atoms with Gasteiger partial charge in [0.1, 0.15) is 5.69 Å². The van der Waals surface area contributed by atoms with Crippen LogP contribution in [0, 0.1) is 11.6 Å². The van der Waals surface area contributed by atoms with Gasteiger partial charge in [-0.1, -0.05) is 13.0 Å². The third-order valence-electron chi connectivity index (χ3n) is 4.22. The van der Waals surface area contributed by atoms with Gasteiger partial charge in [-0.3, -0.25) is 9.52 Å². The summed E-state index contributed by atoms with van der Waals surface area (Å²) in [5.74, 6) is -2.97. The predicted molar refractivity (Wildman–Crippen MR) is 116 cm³/mol. The number of nitrogens with one attached hydrogen (secondary N) is 3. The SMILES string of the molecule is CCCNc1cc(C(F)(F)F)ccc1/C=C\C(=O)NCc1cc(F)c(NS(C)(=O)=O)c(F)c1. The first-order valence-corrected chi connectivity index (χ1v) is 11.6. The Kier molecular flexibility index (Phi) is 8.42. The van der Waals surface area contributed by atoms with Gasteiger partial charge in [-0.05, 0) is 47.9 Å². The van der Waals surface area contributed by atoms with Crippen molar-refractivity contribution in [1.82, 2.24) is 5.32 Å². The van der Waals surface area contributed by atoms with Crippen molar-refractivity contribution in [3.63, 3.8) is 0 Å². The minimum atomic E-state index is -4.51. The lowest BCUT2D eigenvalue weighted by Gasteiger charge is -2.13. The minimum Gasteiger partial charge on any atom is -0.385 e. The highest BCUT2D eigenvalue weighted by Gasteiger charge is 2.30. The Morgan fingerprint density at radius 3 is 2.27 bits per heavy atom. The average molecular weight is 491 g/mol. The van der Waals surface area contributed by atoms with Crippen molar-refractivity contribution in [2.24, 2.45) is 0 Å². The van der Waals surface area contributed by atoms with E-state index in [4.69, 9.17) is 0 Å². The fourth-order valence-electron chi connectivity index (χ4n) is 2.71. The predicted octanol–water partition coefficient (Wildman–Crippen LogP) is 4.51. The summed E-state index contributed by atoms with van der Waals surface area (Å²) < 4.78 is 91.0. The molecule has 3 N–H and O–H groups in total. The number of sulfonamides is 1. The number of halogens is 5. The first kappa shape index (κ1) is 26.1. The molecule has 0 saturated heterocycles. The number of anilines is 2. The molecule has 0 heterocycles. The summed E-state index contributed by atoms with van der Waals surface area (Å²) in [5.41, 5.74) is -1.08. The highest BCUT2D eigenvalue weighted by molar-refractivity contribution is 7.92. The molecule has 0 aliphatic carbocycles. The fraction of sp³-hybridized carbons (Fsp3) is 0.286. The highest BCUT2D eigenvalue weighted by atomic mass is 32.2. The molecular weight excluding hydrogens is 469 g/mol. The van der Waals surface area contributed by atoms with Crippen LogP contribution >= 0.6 is 0 Å². The number of carbonyl (C=O) groups excluding carboxylic acids is 1. The molecule has 0 bridgehead atoms. The number of amides is 1. The molecule has 2 aromatic rings. The summed E-state index contributed by atoms with van der Waals surface area (Å²) in [5, 5.41) is 5.27. The Morgan fingerprint density at radius 2 is 1.73 bits per heavy atom. The molecule has 0 saturated carbocycles. The van der Waals surface area contributed by atoms with Crippen LogP contribution in [0.25, 0.3) is 6.08 Å². The van der Waals surface area contributed by atoms with Crippen molar-refractivity contribution >= 4 is 33.4 Å². The van der Waals surface area contributed by atoms with Crippen LogP contribution in [0.15, 0.2) is 36.4 Å². The molecule has 2 aromatic carbocycles. The van der Waals surface area contributed by atoms with Crippen molar-refractivity contribution in [1.29, 1.82) is 0 Å². The molecule has 0 radical (unpaired) electrons. The van der Waals surface area contributed by atoms with Crippen LogP contribution in [0.3, 0.4) is 0 Å². The maximum absolute atomic E-state index is 14.0. The van der Waals surface area contributed by atoms with E-state index in [0.717, 1.165) is 36.6 Å².